The van der Waals surface area contributed by atoms with Gasteiger partial charge in [0.15, 0.2) is 0 Å². The van der Waals surface area contributed by atoms with Gasteiger partial charge in [-0.25, -0.2) is 0 Å². The summed E-state index contributed by atoms with van der Waals surface area (Å²) in [6.45, 7) is 5.86. The largest absolute Gasteiger partial charge is 0.312 e. The highest BCUT2D eigenvalue weighted by molar-refractivity contribution is 7.99. The summed E-state index contributed by atoms with van der Waals surface area (Å²) in [6.07, 6.45) is 12.5. The van der Waals surface area contributed by atoms with Crippen LogP contribution < -0.4 is 5.32 Å². The molecule has 0 heterocycles. The summed E-state index contributed by atoms with van der Waals surface area (Å²) in [6, 6.07) is 0.833. The van der Waals surface area contributed by atoms with Crippen molar-refractivity contribution < 1.29 is 0 Å². The van der Waals surface area contributed by atoms with Gasteiger partial charge in [0.05, 0.1) is 0 Å². The van der Waals surface area contributed by atoms with Crippen molar-refractivity contribution in [3.8, 4) is 0 Å². The summed E-state index contributed by atoms with van der Waals surface area (Å²) in [5, 5.41) is 3.85. The number of hydrogen-bond donors (Lipinski definition) is 1. The van der Waals surface area contributed by atoms with Crippen LogP contribution >= 0.6 is 11.8 Å². The second kappa shape index (κ2) is 4.89. The fraction of sp³-hybridized carbons (Fsp3) is 1.00. The topological polar surface area (TPSA) is 12.0 Å². The van der Waals surface area contributed by atoms with Gasteiger partial charge in [-0.15, -0.1) is 0 Å². The van der Waals surface area contributed by atoms with Crippen LogP contribution in [-0.2, 0) is 0 Å². The lowest BCUT2D eigenvalue weighted by atomic mass is 9.57. The van der Waals surface area contributed by atoms with Crippen LogP contribution in [0, 0.1) is 5.41 Å². The summed E-state index contributed by atoms with van der Waals surface area (Å²) < 4.78 is 0.394. The molecule has 2 aliphatic rings. The number of rotatable bonds is 4. The van der Waals surface area contributed by atoms with Gasteiger partial charge in [0.25, 0.3) is 0 Å². The minimum Gasteiger partial charge on any atom is -0.312 e. The molecule has 2 fully saturated rings. The highest BCUT2D eigenvalue weighted by atomic mass is 32.2. The van der Waals surface area contributed by atoms with E-state index in [0.717, 1.165) is 6.04 Å². The van der Waals surface area contributed by atoms with Gasteiger partial charge in [-0.2, -0.15) is 11.8 Å². The number of thioether (sulfide) groups is 1. The lowest BCUT2D eigenvalue weighted by Crippen LogP contribution is -2.56. The maximum absolute atomic E-state index is 3.85. The molecule has 1 atom stereocenters. The van der Waals surface area contributed by atoms with E-state index in [2.05, 4.69) is 25.4 Å². The van der Waals surface area contributed by atoms with Crippen LogP contribution in [0.5, 0.6) is 0 Å². The van der Waals surface area contributed by atoms with Gasteiger partial charge in [-0.3, -0.25) is 0 Å². The molecule has 0 aromatic carbocycles. The Hall–Kier alpha value is 0.310. The Morgan fingerprint density at radius 3 is 2.38 bits per heavy atom. The van der Waals surface area contributed by atoms with Gasteiger partial charge in [-0.05, 0) is 51.2 Å². The summed E-state index contributed by atoms with van der Waals surface area (Å²) in [5.74, 6) is 0. The molecule has 94 valence electrons. The molecule has 2 heteroatoms. The van der Waals surface area contributed by atoms with Gasteiger partial charge < -0.3 is 5.32 Å². The van der Waals surface area contributed by atoms with E-state index in [4.69, 9.17) is 0 Å². The van der Waals surface area contributed by atoms with Crippen LogP contribution in [0.15, 0.2) is 0 Å². The van der Waals surface area contributed by atoms with Crippen LogP contribution in [0.1, 0.15) is 58.8 Å². The second-order valence-electron chi connectivity index (χ2n) is 6.36. The Morgan fingerprint density at radius 2 is 1.88 bits per heavy atom. The first-order valence-electron chi connectivity index (χ1n) is 6.87. The Balaban J connectivity index is 1.82. The zero-order valence-electron chi connectivity index (χ0n) is 11.1. The molecule has 0 aromatic rings. The third-order valence-electron chi connectivity index (χ3n) is 4.85. The van der Waals surface area contributed by atoms with Crippen molar-refractivity contribution in [3.63, 3.8) is 0 Å². The molecular weight excluding hydrogens is 214 g/mol. The molecule has 2 saturated carbocycles. The molecule has 0 amide bonds. The Kier molecular flexibility index (Phi) is 3.90. The summed E-state index contributed by atoms with van der Waals surface area (Å²) in [5.41, 5.74) is 0.715. The fourth-order valence-electron chi connectivity index (χ4n) is 3.31. The lowest BCUT2D eigenvalue weighted by Gasteiger charge is -2.53. The van der Waals surface area contributed by atoms with E-state index in [1.165, 1.54) is 51.5 Å². The number of hydrogen-bond acceptors (Lipinski definition) is 2. The molecule has 0 saturated heterocycles. The van der Waals surface area contributed by atoms with Crippen LogP contribution in [0.2, 0.25) is 0 Å². The lowest BCUT2D eigenvalue weighted by molar-refractivity contribution is 0.0225. The van der Waals surface area contributed by atoms with Gasteiger partial charge >= 0.3 is 0 Å². The molecule has 2 rings (SSSR count). The first-order chi connectivity index (χ1) is 7.58. The average molecular weight is 241 g/mol. The van der Waals surface area contributed by atoms with E-state index in [-0.39, 0.29) is 0 Å². The third kappa shape index (κ3) is 2.59. The second-order valence-corrected chi connectivity index (χ2v) is 7.87. The highest BCUT2D eigenvalue weighted by Gasteiger charge is 2.46. The van der Waals surface area contributed by atoms with E-state index in [0.29, 0.717) is 10.2 Å². The fourth-order valence-corrected chi connectivity index (χ4v) is 3.54. The summed E-state index contributed by atoms with van der Waals surface area (Å²) in [7, 11) is 0. The van der Waals surface area contributed by atoms with Crippen LogP contribution in [0.3, 0.4) is 0 Å². The summed E-state index contributed by atoms with van der Waals surface area (Å²) >= 11 is 1.98. The Labute approximate surface area is 105 Å². The van der Waals surface area contributed by atoms with Crippen molar-refractivity contribution in [1.82, 2.24) is 5.32 Å². The monoisotopic (exact) mass is 241 g/mol. The molecule has 2 aliphatic carbocycles. The van der Waals surface area contributed by atoms with Crippen LogP contribution in [-0.4, -0.2) is 23.6 Å². The highest BCUT2D eigenvalue weighted by Crippen LogP contribution is 2.51. The zero-order chi connectivity index (χ0) is 11.6. The maximum Gasteiger partial charge on any atom is 0.0225 e. The normalized spacial score (nSPS) is 29.1. The van der Waals surface area contributed by atoms with Gasteiger partial charge in [0.1, 0.15) is 0 Å². The minimum atomic E-state index is 0.394. The average Bonchev–Trinajstić information content (AvgIpc) is 2.29. The predicted molar refractivity (Wildman–Crippen MR) is 74.1 cm³/mol. The molecule has 1 unspecified atom stereocenters. The molecule has 0 bridgehead atoms. The summed E-state index contributed by atoms with van der Waals surface area (Å²) in [4.78, 5) is 0. The van der Waals surface area contributed by atoms with Crippen molar-refractivity contribution in [2.75, 3.05) is 12.8 Å². The van der Waals surface area contributed by atoms with Crippen molar-refractivity contribution in [1.29, 1.82) is 0 Å². The molecule has 0 radical (unpaired) electrons. The van der Waals surface area contributed by atoms with Gasteiger partial charge in [-0.1, -0.05) is 19.3 Å². The Bertz CT molecular complexity index is 231. The van der Waals surface area contributed by atoms with Gasteiger partial charge in [0, 0.05) is 17.3 Å². The standard InChI is InChI=1S/C14H27NS/c1-13(2,16-3)11-15-12-7-10-14(12)8-5-4-6-9-14/h12,15H,4-11H2,1-3H3. The SMILES string of the molecule is CSC(C)(C)CNC1CCC12CCCCC2. The van der Waals surface area contributed by atoms with Gasteiger partial charge in [0.2, 0.25) is 0 Å². The zero-order valence-corrected chi connectivity index (χ0v) is 12.0. The molecule has 1 N–H and O–H groups in total. The predicted octanol–water partition coefficient (Wildman–Crippen LogP) is 3.83. The molecular formula is C14H27NS. The number of nitrogens with one attached hydrogen (secondary N) is 1. The van der Waals surface area contributed by atoms with E-state index >= 15 is 0 Å². The molecule has 1 nitrogen and oxygen atoms in total. The van der Waals surface area contributed by atoms with Crippen LogP contribution in [0.4, 0.5) is 0 Å². The van der Waals surface area contributed by atoms with Crippen molar-refractivity contribution >= 4 is 11.8 Å². The smallest absolute Gasteiger partial charge is 0.0225 e. The first kappa shape index (κ1) is 12.8. The Morgan fingerprint density at radius 1 is 1.19 bits per heavy atom. The van der Waals surface area contributed by atoms with Crippen molar-refractivity contribution in [2.24, 2.45) is 5.41 Å². The quantitative estimate of drug-likeness (QED) is 0.803. The minimum absolute atomic E-state index is 0.394. The molecule has 0 aromatic heterocycles. The van der Waals surface area contributed by atoms with E-state index in [9.17, 15) is 0 Å². The molecule has 16 heavy (non-hydrogen) atoms. The molecule has 1 spiro atoms. The van der Waals surface area contributed by atoms with Crippen LogP contribution in [0.25, 0.3) is 0 Å². The van der Waals surface area contributed by atoms with E-state index in [1.807, 2.05) is 11.8 Å². The van der Waals surface area contributed by atoms with E-state index in [1.54, 1.807) is 0 Å². The van der Waals surface area contributed by atoms with E-state index < -0.39 is 0 Å². The van der Waals surface area contributed by atoms with Crippen molar-refractivity contribution in [3.05, 3.63) is 0 Å². The third-order valence-corrected chi connectivity index (χ3v) is 6.10. The molecule has 0 aliphatic heterocycles. The van der Waals surface area contributed by atoms with Crippen molar-refractivity contribution in [2.45, 2.75) is 69.6 Å². The first-order valence-corrected chi connectivity index (χ1v) is 8.09. The maximum atomic E-state index is 3.85.